The van der Waals surface area contributed by atoms with Crippen molar-refractivity contribution in [2.24, 2.45) is 5.92 Å². The van der Waals surface area contributed by atoms with Gasteiger partial charge in [0.1, 0.15) is 5.01 Å². The van der Waals surface area contributed by atoms with Gasteiger partial charge < -0.3 is 10.1 Å². The molecule has 4 heteroatoms. The van der Waals surface area contributed by atoms with Crippen LogP contribution in [0.3, 0.4) is 0 Å². The Balaban J connectivity index is 2.58. The van der Waals surface area contributed by atoms with Crippen LogP contribution in [0.4, 0.5) is 0 Å². The highest BCUT2D eigenvalue weighted by Gasteiger charge is 2.17. The van der Waals surface area contributed by atoms with Crippen molar-refractivity contribution in [1.29, 1.82) is 0 Å². The molecule has 0 saturated carbocycles. The Kier molecular flexibility index (Phi) is 5.22. The van der Waals surface area contributed by atoms with Gasteiger partial charge in [0.25, 0.3) is 0 Å². The van der Waals surface area contributed by atoms with Crippen molar-refractivity contribution in [3.8, 4) is 0 Å². The number of nitrogens with zero attached hydrogens (tertiary/aromatic N) is 1. The number of hydrogen-bond acceptors (Lipinski definition) is 4. The summed E-state index contributed by atoms with van der Waals surface area (Å²) >= 11 is 1.73. The molecule has 0 spiro atoms. The minimum Gasteiger partial charge on any atom is -0.383 e. The third-order valence-corrected chi connectivity index (χ3v) is 3.29. The molecule has 0 aliphatic rings. The number of methoxy groups -OCH3 is 1. The maximum absolute atomic E-state index is 5.03. The van der Waals surface area contributed by atoms with Gasteiger partial charge in [-0.2, -0.15) is 0 Å². The first kappa shape index (κ1) is 12.6. The Morgan fingerprint density at radius 2 is 2.27 bits per heavy atom. The average Bonchev–Trinajstić information content (AvgIpc) is 2.59. The van der Waals surface area contributed by atoms with Crippen LogP contribution < -0.4 is 5.32 Å². The number of rotatable bonds is 6. The van der Waals surface area contributed by atoms with Crippen LogP contribution in [0.2, 0.25) is 0 Å². The number of thiazole rings is 1. The molecule has 0 aromatic carbocycles. The molecule has 0 bridgehead atoms. The van der Waals surface area contributed by atoms with Gasteiger partial charge in [-0.25, -0.2) is 4.98 Å². The summed E-state index contributed by atoms with van der Waals surface area (Å²) < 4.78 is 5.03. The number of aromatic nitrogens is 1. The molecule has 0 aliphatic carbocycles. The van der Waals surface area contributed by atoms with Crippen molar-refractivity contribution in [3.63, 3.8) is 0 Å². The number of hydrogen-bond donors (Lipinski definition) is 1. The van der Waals surface area contributed by atoms with E-state index in [0.29, 0.717) is 12.0 Å². The highest BCUT2D eigenvalue weighted by molar-refractivity contribution is 7.09. The molecule has 0 amide bonds. The van der Waals surface area contributed by atoms with E-state index in [9.17, 15) is 0 Å². The first-order valence-electron chi connectivity index (χ1n) is 5.29. The van der Waals surface area contributed by atoms with E-state index < -0.39 is 0 Å². The smallest absolute Gasteiger partial charge is 0.110 e. The van der Waals surface area contributed by atoms with E-state index in [2.05, 4.69) is 29.5 Å². The monoisotopic (exact) mass is 228 g/mol. The Bertz CT molecular complexity index is 286. The van der Waals surface area contributed by atoms with Gasteiger partial charge in [-0.15, -0.1) is 11.3 Å². The van der Waals surface area contributed by atoms with Crippen molar-refractivity contribution in [1.82, 2.24) is 10.3 Å². The van der Waals surface area contributed by atoms with E-state index in [-0.39, 0.29) is 0 Å². The van der Waals surface area contributed by atoms with Crippen molar-refractivity contribution in [2.45, 2.75) is 26.8 Å². The maximum atomic E-state index is 5.03. The quantitative estimate of drug-likeness (QED) is 0.759. The lowest BCUT2D eigenvalue weighted by atomic mass is 10.1. The highest BCUT2D eigenvalue weighted by atomic mass is 32.1. The molecular formula is C11H20N2OS. The first-order chi connectivity index (χ1) is 7.15. The van der Waals surface area contributed by atoms with E-state index in [4.69, 9.17) is 4.74 Å². The number of aryl methyl sites for hydroxylation is 1. The van der Waals surface area contributed by atoms with E-state index in [1.807, 2.05) is 6.92 Å². The maximum Gasteiger partial charge on any atom is 0.110 e. The van der Waals surface area contributed by atoms with Crippen molar-refractivity contribution in [2.75, 3.05) is 20.3 Å². The van der Waals surface area contributed by atoms with E-state index in [1.165, 1.54) is 5.01 Å². The molecule has 1 rings (SSSR count). The molecule has 86 valence electrons. The van der Waals surface area contributed by atoms with Crippen LogP contribution in [-0.2, 0) is 4.74 Å². The SMILES string of the molecule is COCCNC(c1nc(C)cs1)C(C)C. The second kappa shape index (κ2) is 6.20. The van der Waals surface area contributed by atoms with Crippen molar-refractivity contribution >= 4 is 11.3 Å². The number of nitrogens with one attached hydrogen (secondary N) is 1. The second-order valence-electron chi connectivity index (χ2n) is 4.00. The molecule has 1 aromatic heterocycles. The molecule has 0 radical (unpaired) electrons. The zero-order chi connectivity index (χ0) is 11.3. The molecule has 0 aliphatic heterocycles. The third kappa shape index (κ3) is 3.89. The fraction of sp³-hybridized carbons (Fsp3) is 0.727. The second-order valence-corrected chi connectivity index (χ2v) is 4.89. The third-order valence-electron chi connectivity index (χ3n) is 2.24. The lowest BCUT2D eigenvalue weighted by molar-refractivity contribution is 0.192. The molecule has 0 fully saturated rings. The standard InChI is InChI=1S/C11H20N2OS/c1-8(2)10(12-5-6-14-4)11-13-9(3)7-15-11/h7-8,10,12H,5-6H2,1-4H3. The topological polar surface area (TPSA) is 34.1 Å². The minimum absolute atomic E-state index is 0.346. The molecule has 3 nitrogen and oxygen atoms in total. The average molecular weight is 228 g/mol. The van der Waals surface area contributed by atoms with Gasteiger partial charge in [0.05, 0.1) is 12.6 Å². The zero-order valence-corrected chi connectivity index (χ0v) is 10.7. The van der Waals surface area contributed by atoms with Crippen LogP contribution in [0.15, 0.2) is 5.38 Å². The van der Waals surface area contributed by atoms with Gasteiger partial charge in [0.15, 0.2) is 0 Å². The lowest BCUT2D eigenvalue weighted by Crippen LogP contribution is -2.28. The summed E-state index contributed by atoms with van der Waals surface area (Å²) in [5.74, 6) is 0.549. The molecule has 15 heavy (non-hydrogen) atoms. The molecule has 0 saturated heterocycles. The van der Waals surface area contributed by atoms with E-state index >= 15 is 0 Å². The van der Waals surface area contributed by atoms with Gasteiger partial charge in [-0.1, -0.05) is 13.8 Å². The summed E-state index contributed by atoms with van der Waals surface area (Å²) in [5.41, 5.74) is 1.11. The molecule has 1 heterocycles. The lowest BCUT2D eigenvalue weighted by Gasteiger charge is -2.19. The molecule has 1 atom stereocenters. The molecule has 1 unspecified atom stereocenters. The Morgan fingerprint density at radius 3 is 2.73 bits per heavy atom. The molecular weight excluding hydrogens is 208 g/mol. The summed E-state index contributed by atoms with van der Waals surface area (Å²) in [6.45, 7) is 8.07. The van der Waals surface area contributed by atoms with Gasteiger partial charge >= 0.3 is 0 Å². The summed E-state index contributed by atoms with van der Waals surface area (Å²) in [5, 5.41) is 6.75. The number of ether oxygens (including phenoxy) is 1. The Morgan fingerprint density at radius 1 is 1.53 bits per heavy atom. The van der Waals surface area contributed by atoms with Gasteiger partial charge in [-0.3, -0.25) is 0 Å². The summed E-state index contributed by atoms with van der Waals surface area (Å²) in [6, 6.07) is 0.346. The van der Waals surface area contributed by atoms with E-state index in [1.54, 1.807) is 18.4 Å². The summed E-state index contributed by atoms with van der Waals surface area (Å²) in [4.78, 5) is 4.53. The summed E-state index contributed by atoms with van der Waals surface area (Å²) in [7, 11) is 1.72. The predicted molar refractivity (Wildman–Crippen MR) is 64.3 cm³/mol. The Labute approximate surface area is 95.9 Å². The normalized spacial score (nSPS) is 13.4. The van der Waals surface area contributed by atoms with Crippen LogP contribution in [0, 0.1) is 12.8 Å². The van der Waals surface area contributed by atoms with E-state index in [0.717, 1.165) is 18.8 Å². The molecule has 1 aromatic rings. The fourth-order valence-electron chi connectivity index (χ4n) is 1.44. The van der Waals surface area contributed by atoms with Crippen LogP contribution in [0.25, 0.3) is 0 Å². The van der Waals surface area contributed by atoms with Gasteiger partial charge in [0, 0.05) is 24.7 Å². The largest absolute Gasteiger partial charge is 0.383 e. The summed E-state index contributed by atoms with van der Waals surface area (Å²) in [6.07, 6.45) is 0. The van der Waals surface area contributed by atoms with Crippen LogP contribution in [0.5, 0.6) is 0 Å². The van der Waals surface area contributed by atoms with Crippen LogP contribution >= 0.6 is 11.3 Å². The van der Waals surface area contributed by atoms with Gasteiger partial charge in [0.2, 0.25) is 0 Å². The van der Waals surface area contributed by atoms with Crippen molar-refractivity contribution < 1.29 is 4.74 Å². The minimum atomic E-state index is 0.346. The fourth-order valence-corrected chi connectivity index (χ4v) is 2.48. The zero-order valence-electron chi connectivity index (χ0n) is 9.91. The van der Waals surface area contributed by atoms with Gasteiger partial charge in [-0.05, 0) is 12.8 Å². The highest BCUT2D eigenvalue weighted by Crippen LogP contribution is 2.24. The predicted octanol–water partition coefficient (Wildman–Crippen LogP) is 2.38. The van der Waals surface area contributed by atoms with Crippen LogP contribution in [-0.4, -0.2) is 25.2 Å². The van der Waals surface area contributed by atoms with Crippen LogP contribution in [0.1, 0.15) is 30.6 Å². The Hall–Kier alpha value is -0.450. The molecule has 1 N–H and O–H groups in total. The first-order valence-corrected chi connectivity index (χ1v) is 6.17. The van der Waals surface area contributed by atoms with Crippen molar-refractivity contribution in [3.05, 3.63) is 16.1 Å².